The van der Waals surface area contributed by atoms with Crippen LogP contribution < -0.4 is 5.32 Å². The van der Waals surface area contributed by atoms with E-state index in [0.717, 1.165) is 17.8 Å². The predicted molar refractivity (Wildman–Crippen MR) is 89.0 cm³/mol. The van der Waals surface area contributed by atoms with Crippen LogP contribution in [0, 0.1) is 11.8 Å². The third kappa shape index (κ3) is 2.77. The molecule has 116 valence electrons. The number of benzene rings is 1. The average molecular weight is 315 g/mol. The summed E-state index contributed by atoms with van der Waals surface area (Å²) in [6.45, 7) is 6.03. The van der Waals surface area contributed by atoms with Crippen molar-refractivity contribution in [1.29, 1.82) is 0 Å². The summed E-state index contributed by atoms with van der Waals surface area (Å²) in [6.07, 6.45) is 2.20. The zero-order valence-electron chi connectivity index (χ0n) is 13.2. The van der Waals surface area contributed by atoms with Crippen LogP contribution in [0.1, 0.15) is 44.2 Å². The average Bonchev–Trinajstić information content (AvgIpc) is 3.21. The van der Waals surface area contributed by atoms with Crippen LogP contribution in [0.2, 0.25) is 0 Å². The number of hydrogen-bond acceptors (Lipinski definition) is 4. The van der Waals surface area contributed by atoms with Gasteiger partial charge >= 0.3 is 0 Å². The van der Waals surface area contributed by atoms with Crippen LogP contribution in [0.3, 0.4) is 0 Å². The summed E-state index contributed by atoms with van der Waals surface area (Å²) >= 11 is 1.50. The predicted octanol–water partition coefficient (Wildman–Crippen LogP) is 3.85. The van der Waals surface area contributed by atoms with Crippen molar-refractivity contribution in [3.63, 3.8) is 0 Å². The summed E-state index contributed by atoms with van der Waals surface area (Å²) in [6, 6.07) is 10.4. The quantitative estimate of drug-likeness (QED) is 0.912. The van der Waals surface area contributed by atoms with E-state index in [0.29, 0.717) is 11.0 Å². The Hall–Kier alpha value is -1.75. The van der Waals surface area contributed by atoms with Gasteiger partial charge in [0.2, 0.25) is 11.0 Å². The maximum absolute atomic E-state index is 12.1. The van der Waals surface area contributed by atoms with Crippen LogP contribution in [0.5, 0.6) is 0 Å². The van der Waals surface area contributed by atoms with Gasteiger partial charge < -0.3 is 5.32 Å². The molecule has 0 saturated heterocycles. The Morgan fingerprint density at radius 1 is 1.18 bits per heavy atom. The number of nitrogens with one attached hydrogen (secondary N) is 1. The molecule has 1 amide bonds. The van der Waals surface area contributed by atoms with Crippen molar-refractivity contribution < 1.29 is 4.79 Å². The third-order valence-electron chi connectivity index (χ3n) is 4.55. The lowest BCUT2D eigenvalue weighted by Gasteiger charge is -2.13. The number of carbonyl (C=O) groups is 1. The van der Waals surface area contributed by atoms with Gasteiger partial charge in [0, 0.05) is 11.3 Å². The van der Waals surface area contributed by atoms with E-state index in [2.05, 4.69) is 39.8 Å². The van der Waals surface area contributed by atoms with Gasteiger partial charge in [-0.1, -0.05) is 62.4 Å². The van der Waals surface area contributed by atoms with E-state index in [1.54, 1.807) is 0 Å². The second kappa shape index (κ2) is 5.80. The van der Waals surface area contributed by atoms with Crippen LogP contribution in [0.25, 0.3) is 0 Å². The standard InChI is InChI=1S/C17H21N3OS/c1-11(2)12(3)14(21)18-16-20-19-15(22-16)17(9-10-17)13-7-5-4-6-8-13/h4-8,11-12H,9-10H2,1-3H3,(H,18,20,21). The summed E-state index contributed by atoms with van der Waals surface area (Å²) < 4.78 is 0. The van der Waals surface area contributed by atoms with Crippen molar-refractivity contribution in [1.82, 2.24) is 10.2 Å². The molecule has 1 aliphatic carbocycles. The normalized spacial score (nSPS) is 17.3. The molecule has 22 heavy (non-hydrogen) atoms. The van der Waals surface area contributed by atoms with E-state index in [-0.39, 0.29) is 17.2 Å². The molecule has 1 aromatic carbocycles. The molecule has 1 aromatic heterocycles. The molecular weight excluding hydrogens is 294 g/mol. The molecule has 1 aliphatic rings. The highest BCUT2D eigenvalue weighted by Crippen LogP contribution is 2.54. The van der Waals surface area contributed by atoms with Crippen molar-refractivity contribution >= 4 is 22.4 Å². The van der Waals surface area contributed by atoms with Gasteiger partial charge in [-0.3, -0.25) is 4.79 Å². The van der Waals surface area contributed by atoms with Gasteiger partial charge in [-0.2, -0.15) is 0 Å². The first-order chi connectivity index (χ1) is 10.5. The molecule has 0 radical (unpaired) electrons. The monoisotopic (exact) mass is 315 g/mol. The molecule has 1 heterocycles. The number of rotatable bonds is 5. The van der Waals surface area contributed by atoms with Crippen LogP contribution >= 0.6 is 11.3 Å². The van der Waals surface area contributed by atoms with Gasteiger partial charge in [-0.15, -0.1) is 10.2 Å². The van der Waals surface area contributed by atoms with Crippen LogP contribution in [-0.2, 0) is 10.2 Å². The zero-order valence-corrected chi connectivity index (χ0v) is 14.0. The Kier molecular flexibility index (Phi) is 4.00. The first-order valence-electron chi connectivity index (χ1n) is 7.73. The molecule has 1 atom stereocenters. The van der Waals surface area contributed by atoms with Crippen LogP contribution in [-0.4, -0.2) is 16.1 Å². The van der Waals surface area contributed by atoms with E-state index in [1.165, 1.54) is 16.9 Å². The minimum absolute atomic E-state index is 0.0160. The summed E-state index contributed by atoms with van der Waals surface area (Å²) in [5.74, 6) is 0.296. The van der Waals surface area contributed by atoms with Gasteiger partial charge in [0.1, 0.15) is 5.01 Å². The molecule has 5 heteroatoms. The van der Waals surface area contributed by atoms with Gasteiger partial charge in [-0.05, 0) is 24.3 Å². The largest absolute Gasteiger partial charge is 0.300 e. The highest BCUT2D eigenvalue weighted by atomic mass is 32.1. The van der Waals surface area contributed by atoms with Gasteiger partial charge in [-0.25, -0.2) is 0 Å². The number of amides is 1. The lowest BCUT2D eigenvalue weighted by Crippen LogP contribution is -2.24. The highest BCUT2D eigenvalue weighted by Gasteiger charge is 2.48. The molecular formula is C17H21N3OS. The van der Waals surface area contributed by atoms with Gasteiger partial charge in [0.05, 0.1) is 0 Å². The first-order valence-corrected chi connectivity index (χ1v) is 8.55. The minimum atomic E-state index is -0.0311. The smallest absolute Gasteiger partial charge is 0.229 e. The lowest BCUT2D eigenvalue weighted by molar-refractivity contribution is -0.120. The Labute approximate surface area is 135 Å². The van der Waals surface area contributed by atoms with Crippen molar-refractivity contribution in [3.05, 3.63) is 40.9 Å². The van der Waals surface area contributed by atoms with E-state index >= 15 is 0 Å². The Morgan fingerprint density at radius 3 is 2.45 bits per heavy atom. The van der Waals surface area contributed by atoms with E-state index in [4.69, 9.17) is 0 Å². The molecule has 1 unspecified atom stereocenters. The molecule has 1 fully saturated rings. The van der Waals surface area contributed by atoms with Crippen molar-refractivity contribution in [2.24, 2.45) is 11.8 Å². The summed E-state index contributed by atoms with van der Waals surface area (Å²) in [7, 11) is 0. The molecule has 2 aromatic rings. The number of aromatic nitrogens is 2. The maximum atomic E-state index is 12.1. The first kappa shape index (κ1) is 15.2. The Balaban J connectivity index is 1.76. The van der Waals surface area contributed by atoms with E-state index in [9.17, 15) is 4.79 Å². The van der Waals surface area contributed by atoms with Gasteiger partial charge in [0.15, 0.2) is 0 Å². The van der Waals surface area contributed by atoms with Crippen molar-refractivity contribution in [2.75, 3.05) is 5.32 Å². The topological polar surface area (TPSA) is 54.9 Å². The molecule has 0 bridgehead atoms. The molecule has 4 nitrogen and oxygen atoms in total. The number of hydrogen-bond donors (Lipinski definition) is 1. The van der Waals surface area contributed by atoms with Crippen LogP contribution in [0.15, 0.2) is 30.3 Å². The summed E-state index contributed by atoms with van der Waals surface area (Å²) in [5.41, 5.74) is 1.31. The van der Waals surface area contributed by atoms with Crippen LogP contribution in [0.4, 0.5) is 5.13 Å². The maximum Gasteiger partial charge on any atom is 0.229 e. The fourth-order valence-corrected chi connectivity index (χ4v) is 3.51. The second-order valence-corrected chi connectivity index (χ2v) is 7.36. The van der Waals surface area contributed by atoms with Gasteiger partial charge in [0.25, 0.3) is 0 Å². The third-order valence-corrected chi connectivity index (χ3v) is 5.60. The minimum Gasteiger partial charge on any atom is -0.300 e. The van der Waals surface area contributed by atoms with E-state index in [1.807, 2.05) is 26.8 Å². The molecule has 0 spiro atoms. The zero-order chi connectivity index (χ0) is 15.7. The molecule has 1 saturated carbocycles. The summed E-state index contributed by atoms with van der Waals surface area (Å²) in [5, 5.41) is 13.0. The Bertz CT molecular complexity index is 662. The Morgan fingerprint density at radius 2 is 1.86 bits per heavy atom. The lowest BCUT2D eigenvalue weighted by atomic mass is 9.97. The van der Waals surface area contributed by atoms with Crippen molar-refractivity contribution in [2.45, 2.75) is 39.0 Å². The second-order valence-electron chi connectivity index (χ2n) is 6.38. The SMILES string of the molecule is CC(C)C(C)C(=O)Nc1nnc(C2(c3ccccc3)CC2)s1. The number of anilines is 1. The van der Waals surface area contributed by atoms with E-state index < -0.39 is 0 Å². The highest BCUT2D eigenvalue weighted by molar-refractivity contribution is 7.15. The molecule has 0 aliphatic heterocycles. The fraction of sp³-hybridized carbons (Fsp3) is 0.471. The number of carbonyl (C=O) groups excluding carboxylic acids is 1. The fourth-order valence-electron chi connectivity index (χ4n) is 2.50. The number of nitrogens with zero attached hydrogens (tertiary/aromatic N) is 2. The molecule has 1 N–H and O–H groups in total. The summed E-state index contributed by atoms with van der Waals surface area (Å²) in [4.78, 5) is 12.1. The molecule has 3 rings (SSSR count). The van der Waals surface area contributed by atoms with Crippen molar-refractivity contribution in [3.8, 4) is 0 Å².